The summed E-state index contributed by atoms with van der Waals surface area (Å²) in [6.07, 6.45) is -1.88. The Hall–Kier alpha value is 0.314. The van der Waals surface area contributed by atoms with E-state index in [0.29, 0.717) is 0 Å². The molecule has 0 aliphatic rings. The molecule has 0 aromatic rings. The van der Waals surface area contributed by atoms with Crippen LogP contribution in [0.3, 0.4) is 0 Å². The van der Waals surface area contributed by atoms with E-state index in [1.165, 1.54) is 0 Å². The van der Waals surface area contributed by atoms with Crippen molar-refractivity contribution in [1.82, 2.24) is 16.0 Å². The van der Waals surface area contributed by atoms with Gasteiger partial charge in [0.05, 0.1) is 18.5 Å². The fourth-order valence-corrected chi connectivity index (χ4v) is 1.14. The molecule has 0 aliphatic heterocycles. The maximum absolute atomic E-state index is 8.53. The van der Waals surface area contributed by atoms with Gasteiger partial charge in [0.25, 0.3) is 0 Å². The zero-order valence-electron chi connectivity index (χ0n) is 15.0. The third-order valence-electron chi connectivity index (χ3n) is 1.51. The molecule has 11 heteroatoms. The van der Waals surface area contributed by atoms with Gasteiger partial charge in [-0.25, -0.2) is 0 Å². The Morgan fingerprint density at radius 2 is 0.696 bits per heavy atom. The molecular formula is C12H38N6O4Ti. The minimum atomic E-state index is -0.500. The first-order valence-electron chi connectivity index (χ1n) is 6.97. The maximum Gasteiger partial charge on any atom is 0.103 e. The van der Waals surface area contributed by atoms with E-state index in [-0.39, 0.29) is 45.7 Å². The second kappa shape index (κ2) is 22.3. The fraction of sp³-hybridized carbons (Fsp3) is 1.00. The summed E-state index contributed by atoms with van der Waals surface area (Å²) in [6.45, 7) is 10.2. The van der Waals surface area contributed by atoms with Gasteiger partial charge in [-0.15, -0.1) is 0 Å². The molecule has 6 atom stereocenters. The van der Waals surface area contributed by atoms with Gasteiger partial charge in [0.2, 0.25) is 0 Å². The molecule has 0 aromatic carbocycles. The molecule has 14 N–H and O–H groups in total. The molecule has 0 aromatic heterocycles. The number of hydrogen-bond donors (Lipinski definition) is 9. The van der Waals surface area contributed by atoms with Crippen molar-refractivity contribution in [3.63, 3.8) is 0 Å². The van der Waals surface area contributed by atoms with Crippen molar-refractivity contribution in [3.8, 4) is 0 Å². The third kappa shape index (κ3) is 60.7. The summed E-state index contributed by atoms with van der Waals surface area (Å²) in [5.74, 6) is 0. The van der Waals surface area contributed by atoms with Gasteiger partial charge in [-0.05, 0) is 41.5 Å². The average molecular weight is 378 g/mol. The Kier molecular flexibility index (Phi) is 33.6. The summed E-state index contributed by atoms with van der Waals surface area (Å²) in [5.41, 5.74) is 15.7. The van der Waals surface area contributed by atoms with Crippen LogP contribution in [-0.2, 0) is 21.7 Å². The van der Waals surface area contributed by atoms with Crippen molar-refractivity contribution in [2.45, 2.75) is 78.7 Å². The number of nitrogens with two attached hydrogens (primary N) is 3. The fourth-order valence-electron chi connectivity index (χ4n) is 1.14. The smallest absolute Gasteiger partial charge is 0.103 e. The van der Waals surface area contributed by atoms with Crippen LogP contribution in [0.5, 0.6) is 0 Å². The van der Waals surface area contributed by atoms with Gasteiger partial charge in [0, 0.05) is 21.7 Å². The van der Waals surface area contributed by atoms with Crippen molar-refractivity contribution in [2.24, 2.45) is 17.2 Å². The second-order valence-corrected chi connectivity index (χ2v) is 4.89. The van der Waals surface area contributed by atoms with Gasteiger partial charge in [-0.2, -0.15) is 0 Å². The zero-order chi connectivity index (χ0) is 17.6. The predicted octanol–water partition coefficient (Wildman–Crippen LogP) is -3.17. The van der Waals surface area contributed by atoms with Crippen LogP contribution >= 0.6 is 0 Å². The molecule has 23 heavy (non-hydrogen) atoms. The van der Waals surface area contributed by atoms with E-state index in [1.807, 2.05) is 0 Å². The summed E-state index contributed by atoms with van der Waals surface area (Å²) >= 11 is 0. The molecule has 0 heterocycles. The van der Waals surface area contributed by atoms with Crippen LogP contribution in [0.4, 0.5) is 0 Å². The number of nitrogens with one attached hydrogen (secondary N) is 3. The SMILES string of the molecule is CC(N)NC(C)O.CC(N)NC(C)O.CC(N)NC(C)O.O.[Ti]. The maximum atomic E-state index is 8.53. The van der Waals surface area contributed by atoms with E-state index in [4.69, 9.17) is 32.5 Å². The summed E-state index contributed by atoms with van der Waals surface area (Å²) < 4.78 is 0. The third-order valence-corrected chi connectivity index (χ3v) is 1.51. The predicted molar refractivity (Wildman–Crippen MR) is 89.0 cm³/mol. The van der Waals surface area contributed by atoms with Crippen LogP contribution in [0.15, 0.2) is 0 Å². The first-order valence-corrected chi connectivity index (χ1v) is 6.97. The van der Waals surface area contributed by atoms with Crippen LogP contribution < -0.4 is 33.2 Å². The molecule has 0 fully saturated rings. The quantitative estimate of drug-likeness (QED) is 0.168. The van der Waals surface area contributed by atoms with Gasteiger partial charge in [0.1, 0.15) is 18.7 Å². The Bertz CT molecular complexity index is 159. The summed E-state index contributed by atoms with van der Waals surface area (Å²) in [7, 11) is 0. The average Bonchev–Trinajstić information content (AvgIpc) is 2.10. The van der Waals surface area contributed by atoms with Crippen LogP contribution in [0.1, 0.15) is 41.5 Å². The Balaban J connectivity index is -0.0000000675. The Morgan fingerprint density at radius 1 is 0.565 bits per heavy atom. The van der Waals surface area contributed by atoms with E-state index in [2.05, 4.69) is 16.0 Å². The molecule has 0 radical (unpaired) electrons. The molecule has 0 saturated carbocycles. The van der Waals surface area contributed by atoms with Crippen molar-refractivity contribution in [1.29, 1.82) is 0 Å². The van der Waals surface area contributed by atoms with Gasteiger partial charge >= 0.3 is 0 Å². The topological polar surface area (TPSA) is 206 Å². The first kappa shape index (κ1) is 34.6. The number of hydrogen-bond acceptors (Lipinski definition) is 9. The van der Waals surface area contributed by atoms with Gasteiger partial charge in [-0.1, -0.05) is 0 Å². The van der Waals surface area contributed by atoms with Gasteiger partial charge in [0.15, 0.2) is 0 Å². The molecule has 0 rings (SSSR count). The standard InChI is InChI=1S/3C4H12N2O.H2O.Ti/c3*1-3(5)6-4(2)7;;/h3*3-4,6-7H,5H2,1-2H3;1H2;. The zero-order valence-corrected chi connectivity index (χ0v) is 16.6. The monoisotopic (exact) mass is 378 g/mol. The normalized spacial score (nSPS) is 17.2. The van der Waals surface area contributed by atoms with Crippen LogP contribution in [0.25, 0.3) is 0 Å². The van der Waals surface area contributed by atoms with E-state index < -0.39 is 18.7 Å². The van der Waals surface area contributed by atoms with E-state index in [0.717, 1.165) is 0 Å². The Labute approximate surface area is 154 Å². The first-order chi connectivity index (χ1) is 9.38. The van der Waals surface area contributed by atoms with Crippen molar-refractivity contribution in [2.75, 3.05) is 0 Å². The molecule has 6 unspecified atom stereocenters. The molecule has 0 saturated heterocycles. The molecule has 0 amide bonds. The minimum absolute atomic E-state index is 0. The van der Waals surface area contributed by atoms with Crippen LogP contribution in [-0.4, -0.2) is 58.0 Å². The molecule has 0 spiro atoms. The van der Waals surface area contributed by atoms with Crippen molar-refractivity contribution < 1.29 is 42.5 Å². The molecular weight excluding hydrogens is 340 g/mol. The number of rotatable bonds is 6. The largest absolute Gasteiger partial charge is 0.412 e. The number of aliphatic hydroxyl groups excluding tert-OH is 3. The Morgan fingerprint density at radius 3 is 0.696 bits per heavy atom. The summed E-state index contributed by atoms with van der Waals surface area (Å²) in [4.78, 5) is 0. The van der Waals surface area contributed by atoms with E-state index in [9.17, 15) is 0 Å². The molecule has 0 bridgehead atoms. The summed E-state index contributed by atoms with van der Waals surface area (Å²) in [6, 6.07) is 0. The molecule has 144 valence electrons. The van der Waals surface area contributed by atoms with Gasteiger partial charge < -0.3 is 38.0 Å². The minimum Gasteiger partial charge on any atom is -0.412 e. The van der Waals surface area contributed by atoms with Gasteiger partial charge in [-0.3, -0.25) is 16.0 Å². The van der Waals surface area contributed by atoms with Crippen molar-refractivity contribution >= 4 is 0 Å². The summed E-state index contributed by atoms with van der Waals surface area (Å²) in [5, 5.41) is 33.5. The molecule has 10 nitrogen and oxygen atoms in total. The van der Waals surface area contributed by atoms with E-state index >= 15 is 0 Å². The second-order valence-electron chi connectivity index (χ2n) is 4.89. The number of aliphatic hydroxyl groups is 3. The van der Waals surface area contributed by atoms with Crippen LogP contribution in [0.2, 0.25) is 0 Å². The van der Waals surface area contributed by atoms with E-state index in [1.54, 1.807) is 41.5 Å². The molecule has 0 aliphatic carbocycles. The van der Waals surface area contributed by atoms with Crippen molar-refractivity contribution in [3.05, 3.63) is 0 Å². The van der Waals surface area contributed by atoms with Crippen LogP contribution in [0, 0.1) is 0 Å².